The number of carbonyl (C=O) groups is 1. The van der Waals surface area contributed by atoms with Crippen LogP contribution in [0, 0.1) is 27.7 Å². The molecular weight excluding hydrogens is 424 g/mol. The van der Waals surface area contributed by atoms with Crippen molar-refractivity contribution < 1.29 is 17.9 Å². The van der Waals surface area contributed by atoms with Crippen LogP contribution >= 0.6 is 0 Å². The summed E-state index contributed by atoms with van der Waals surface area (Å²) < 4.78 is 34.4. The molecule has 32 heavy (non-hydrogen) atoms. The number of aryl methyl sites for hydroxylation is 3. The summed E-state index contributed by atoms with van der Waals surface area (Å²) in [5.74, 6) is 0.376. The van der Waals surface area contributed by atoms with E-state index >= 15 is 0 Å². The first-order valence-corrected chi connectivity index (χ1v) is 11.8. The Balaban J connectivity index is 1.68. The highest BCUT2D eigenvalue weighted by Gasteiger charge is 2.20. The number of anilines is 1. The molecule has 0 saturated heterocycles. The maximum Gasteiger partial charge on any atom is 0.262 e. The van der Waals surface area contributed by atoms with Crippen molar-refractivity contribution in [3.63, 3.8) is 0 Å². The Morgan fingerprint density at radius 1 is 0.906 bits per heavy atom. The lowest BCUT2D eigenvalue weighted by atomic mass is 10.1. The third kappa shape index (κ3) is 5.68. The molecule has 0 aromatic heterocycles. The van der Waals surface area contributed by atoms with E-state index in [1.54, 1.807) is 31.2 Å². The molecule has 0 atom stereocenters. The summed E-state index contributed by atoms with van der Waals surface area (Å²) in [5, 5.41) is 2.77. The van der Waals surface area contributed by atoms with Crippen molar-refractivity contribution in [1.82, 2.24) is 5.32 Å². The van der Waals surface area contributed by atoms with Crippen LogP contribution in [0.5, 0.6) is 5.75 Å². The van der Waals surface area contributed by atoms with Crippen molar-refractivity contribution in [2.45, 2.75) is 32.6 Å². The molecule has 0 fully saturated rings. The van der Waals surface area contributed by atoms with Gasteiger partial charge in [-0.3, -0.25) is 9.52 Å². The molecule has 0 spiro atoms. The van der Waals surface area contributed by atoms with Crippen molar-refractivity contribution in [2.24, 2.45) is 0 Å². The zero-order valence-electron chi connectivity index (χ0n) is 18.7. The van der Waals surface area contributed by atoms with Gasteiger partial charge in [-0.2, -0.15) is 0 Å². The molecule has 3 aromatic carbocycles. The van der Waals surface area contributed by atoms with Gasteiger partial charge in [-0.1, -0.05) is 30.3 Å². The van der Waals surface area contributed by atoms with Gasteiger partial charge in [0.25, 0.3) is 15.9 Å². The Morgan fingerprint density at radius 2 is 1.66 bits per heavy atom. The summed E-state index contributed by atoms with van der Waals surface area (Å²) >= 11 is 0. The first-order chi connectivity index (χ1) is 15.2. The summed E-state index contributed by atoms with van der Waals surface area (Å²) in [7, 11) is -3.86. The molecule has 0 aliphatic carbocycles. The van der Waals surface area contributed by atoms with E-state index in [1.165, 1.54) is 6.07 Å². The first kappa shape index (κ1) is 23.3. The van der Waals surface area contributed by atoms with Crippen molar-refractivity contribution >= 4 is 21.6 Å². The monoisotopic (exact) mass is 452 g/mol. The number of rotatable bonds is 8. The highest BCUT2D eigenvalue weighted by molar-refractivity contribution is 7.92. The predicted molar refractivity (Wildman–Crippen MR) is 127 cm³/mol. The van der Waals surface area contributed by atoms with E-state index in [0.29, 0.717) is 24.4 Å². The van der Waals surface area contributed by atoms with Gasteiger partial charge in [0.1, 0.15) is 12.4 Å². The average Bonchev–Trinajstić information content (AvgIpc) is 2.74. The second-order valence-corrected chi connectivity index (χ2v) is 9.40. The number of ether oxygens (including phenoxy) is 1. The van der Waals surface area contributed by atoms with Crippen molar-refractivity contribution in [2.75, 3.05) is 17.9 Å². The summed E-state index contributed by atoms with van der Waals surface area (Å²) in [4.78, 5) is 12.6. The normalized spacial score (nSPS) is 11.1. The van der Waals surface area contributed by atoms with E-state index in [9.17, 15) is 13.2 Å². The van der Waals surface area contributed by atoms with Gasteiger partial charge in [-0.05, 0) is 80.3 Å². The van der Waals surface area contributed by atoms with Crippen LogP contribution in [0.3, 0.4) is 0 Å². The van der Waals surface area contributed by atoms with Crippen LogP contribution in [-0.4, -0.2) is 27.5 Å². The van der Waals surface area contributed by atoms with Gasteiger partial charge in [0, 0.05) is 5.56 Å². The first-order valence-electron chi connectivity index (χ1n) is 10.3. The molecule has 168 valence electrons. The van der Waals surface area contributed by atoms with E-state index in [2.05, 4.69) is 10.0 Å². The van der Waals surface area contributed by atoms with Gasteiger partial charge in [0.15, 0.2) is 0 Å². The fourth-order valence-electron chi connectivity index (χ4n) is 3.23. The van der Waals surface area contributed by atoms with Gasteiger partial charge in [0.2, 0.25) is 0 Å². The zero-order valence-corrected chi connectivity index (χ0v) is 19.5. The van der Waals surface area contributed by atoms with E-state index < -0.39 is 10.0 Å². The van der Waals surface area contributed by atoms with Gasteiger partial charge in [0.05, 0.1) is 17.1 Å². The number of nitrogens with one attached hydrogen (secondary N) is 2. The molecule has 3 rings (SSSR count). The summed E-state index contributed by atoms with van der Waals surface area (Å²) in [6.45, 7) is 8.07. The third-order valence-electron chi connectivity index (χ3n) is 5.23. The van der Waals surface area contributed by atoms with Gasteiger partial charge in [-0.15, -0.1) is 0 Å². The summed E-state index contributed by atoms with van der Waals surface area (Å²) in [5.41, 5.74) is 4.29. The molecule has 3 aromatic rings. The maximum absolute atomic E-state index is 13.0. The van der Waals surface area contributed by atoms with E-state index in [-0.39, 0.29) is 16.4 Å². The van der Waals surface area contributed by atoms with Crippen molar-refractivity contribution in [1.29, 1.82) is 0 Å². The SMILES string of the molecule is Cc1cccc(OCCNC(=O)c2ccc(C)c(S(=O)(=O)Nc3cccc(C)c3C)c2)c1. The van der Waals surface area contributed by atoms with Crippen molar-refractivity contribution in [3.8, 4) is 5.75 Å². The molecule has 0 saturated carbocycles. The Bertz CT molecular complexity index is 1240. The lowest BCUT2D eigenvalue weighted by Crippen LogP contribution is -2.28. The number of benzene rings is 3. The lowest BCUT2D eigenvalue weighted by molar-refractivity contribution is 0.0946. The lowest BCUT2D eigenvalue weighted by Gasteiger charge is -2.14. The van der Waals surface area contributed by atoms with E-state index in [0.717, 1.165) is 22.4 Å². The molecule has 0 heterocycles. The van der Waals surface area contributed by atoms with Crippen LogP contribution in [0.4, 0.5) is 5.69 Å². The number of carbonyl (C=O) groups excluding carboxylic acids is 1. The number of amides is 1. The number of sulfonamides is 1. The highest BCUT2D eigenvalue weighted by atomic mass is 32.2. The predicted octanol–water partition coefficient (Wildman–Crippen LogP) is 4.53. The molecule has 7 heteroatoms. The molecule has 1 amide bonds. The van der Waals surface area contributed by atoms with Crippen molar-refractivity contribution in [3.05, 3.63) is 88.5 Å². The van der Waals surface area contributed by atoms with E-state index in [4.69, 9.17) is 4.74 Å². The Labute approximate surface area is 189 Å². The fraction of sp³-hybridized carbons (Fsp3) is 0.240. The van der Waals surface area contributed by atoms with Crippen LogP contribution in [0.1, 0.15) is 32.6 Å². The van der Waals surface area contributed by atoms with Gasteiger partial charge in [-0.25, -0.2) is 8.42 Å². The number of hydrogen-bond donors (Lipinski definition) is 2. The molecule has 6 nitrogen and oxygen atoms in total. The molecule has 0 radical (unpaired) electrons. The summed E-state index contributed by atoms with van der Waals surface area (Å²) in [6, 6.07) is 17.8. The Hall–Kier alpha value is -3.32. The second kappa shape index (κ2) is 9.87. The molecule has 0 unspecified atom stereocenters. The minimum Gasteiger partial charge on any atom is -0.492 e. The second-order valence-electron chi connectivity index (χ2n) is 7.75. The molecule has 2 N–H and O–H groups in total. The molecular formula is C25H28N2O4S. The summed E-state index contributed by atoms with van der Waals surface area (Å²) in [6.07, 6.45) is 0. The zero-order chi connectivity index (χ0) is 23.3. The fourth-order valence-corrected chi connectivity index (χ4v) is 4.63. The average molecular weight is 453 g/mol. The van der Waals surface area contributed by atoms with Crippen LogP contribution in [-0.2, 0) is 10.0 Å². The Morgan fingerprint density at radius 3 is 2.41 bits per heavy atom. The van der Waals surface area contributed by atoms with Crippen LogP contribution in [0.25, 0.3) is 0 Å². The molecule has 0 aliphatic rings. The van der Waals surface area contributed by atoms with Crippen LogP contribution < -0.4 is 14.8 Å². The topological polar surface area (TPSA) is 84.5 Å². The maximum atomic E-state index is 13.0. The molecule has 0 aliphatic heterocycles. The van der Waals surface area contributed by atoms with Gasteiger partial charge < -0.3 is 10.1 Å². The smallest absolute Gasteiger partial charge is 0.262 e. The van der Waals surface area contributed by atoms with E-state index in [1.807, 2.05) is 51.1 Å². The van der Waals surface area contributed by atoms with Crippen LogP contribution in [0.2, 0.25) is 0 Å². The van der Waals surface area contributed by atoms with Crippen LogP contribution in [0.15, 0.2) is 65.6 Å². The third-order valence-corrected chi connectivity index (χ3v) is 6.74. The highest BCUT2D eigenvalue weighted by Crippen LogP contribution is 2.24. The largest absolute Gasteiger partial charge is 0.492 e. The molecule has 0 bridgehead atoms. The minimum atomic E-state index is -3.86. The minimum absolute atomic E-state index is 0.0714. The quantitative estimate of drug-likeness (QED) is 0.492. The Kier molecular flexibility index (Phi) is 7.20. The standard InChI is InChI=1S/C25H28N2O4S/c1-17-7-5-9-22(15-17)31-14-13-26-25(28)21-12-11-19(3)24(16-21)32(29,30)27-23-10-6-8-18(2)20(23)4/h5-12,15-16,27H,13-14H2,1-4H3,(H,26,28). The van der Waals surface area contributed by atoms with Gasteiger partial charge >= 0.3 is 0 Å². The number of hydrogen-bond acceptors (Lipinski definition) is 4.